The molecule has 1 N–H and O–H groups in total. The number of carbonyl (C=O) groups excluding carboxylic acids is 1. The van der Waals surface area contributed by atoms with Gasteiger partial charge in [-0.25, -0.2) is 0 Å². The highest BCUT2D eigenvalue weighted by molar-refractivity contribution is 6.31. The summed E-state index contributed by atoms with van der Waals surface area (Å²) in [5, 5.41) is 2.20. The predicted octanol–water partition coefficient (Wildman–Crippen LogP) is 3.63. The molecular weight excluding hydrogens is 267 g/mol. The first-order chi connectivity index (χ1) is 8.21. The summed E-state index contributed by atoms with van der Waals surface area (Å²) in [5.74, 6) is -0.419. The van der Waals surface area contributed by atoms with E-state index in [0.717, 1.165) is 6.07 Å². The molecule has 1 aromatic carbocycles. The second-order valence-corrected chi connectivity index (χ2v) is 4.59. The lowest BCUT2D eigenvalue weighted by molar-refractivity contribution is -0.137. The molecule has 0 atom stereocenters. The lowest BCUT2D eigenvalue weighted by Gasteiger charge is -2.12. The van der Waals surface area contributed by atoms with Crippen molar-refractivity contribution >= 4 is 17.5 Å². The average molecular weight is 280 g/mol. The Bertz CT molecular complexity index is 443. The maximum absolute atomic E-state index is 12.6. The van der Waals surface area contributed by atoms with Gasteiger partial charge in [-0.15, -0.1) is 0 Å². The molecule has 0 bridgehead atoms. The van der Waals surface area contributed by atoms with Crippen LogP contribution in [-0.4, -0.2) is 5.91 Å². The second kappa shape index (κ2) is 5.61. The Morgan fingerprint density at radius 2 is 2.00 bits per heavy atom. The highest BCUT2D eigenvalue weighted by atomic mass is 35.5. The molecule has 0 aliphatic rings. The van der Waals surface area contributed by atoms with Crippen molar-refractivity contribution in [1.82, 2.24) is 5.32 Å². The molecule has 0 radical (unpaired) electrons. The van der Waals surface area contributed by atoms with E-state index in [0.29, 0.717) is 5.56 Å². The van der Waals surface area contributed by atoms with Crippen LogP contribution in [0.5, 0.6) is 0 Å². The van der Waals surface area contributed by atoms with Gasteiger partial charge in [-0.2, -0.15) is 13.2 Å². The largest absolute Gasteiger partial charge is 0.417 e. The molecule has 0 unspecified atom stereocenters. The summed E-state index contributed by atoms with van der Waals surface area (Å²) in [6.45, 7) is 3.47. The van der Waals surface area contributed by atoms with E-state index in [1.54, 1.807) is 13.8 Å². The van der Waals surface area contributed by atoms with E-state index in [4.69, 9.17) is 11.6 Å². The minimum atomic E-state index is -4.49. The third-order valence-corrected chi connectivity index (χ3v) is 2.66. The molecule has 0 heterocycles. The quantitative estimate of drug-likeness (QED) is 0.899. The third kappa shape index (κ3) is 3.91. The van der Waals surface area contributed by atoms with Crippen LogP contribution >= 0.6 is 11.6 Å². The maximum Gasteiger partial charge on any atom is 0.417 e. The van der Waals surface area contributed by atoms with Crippen molar-refractivity contribution in [2.75, 3.05) is 0 Å². The van der Waals surface area contributed by atoms with Crippen molar-refractivity contribution in [2.45, 2.75) is 26.6 Å². The summed E-state index contributed by atoms with van der Waals surface area (Å²) in [6, 6.07) is 3.59. The third-order valence-electron chi connectivity index (χ3n) is 2.33. The van der Waals surface area contributed by atoms with Gasteiger partial charge >= 0.3 is 6.18 Å². The van der Waals surface area contributed by atoms with Gasteiger partial charge in [0.2, 0.25) is 5.91 Å². The van der Waals surface area contributed by atoms with Gasteiger partial charge in [0.25, 0.3) is 0 Å². The fourth-order valence-electron chi connectivity index (χ4n) is 1.29. The number of alkyl halides is 3. The molecule has 0 aliphatic heterocycles. The lowest BCUT2D eigenvalue weighted by Crippen LogP contribution is -2.27. The van der Waals surface area contributed by atoms with Crippen molar-refractivity contribution < 1.29 is 18.0 Å². The lowest BCUT2D eigenvalue weighted by atomic mass is 10.1. The normalized spacial score (nSPS) is 11.7. The number of amides is 1. The minimum Gasteiger partial charge on any atom is -0.352 e. The summed E-state index contributed by atoms with van der Waals surface area (Å²) < 4.78 is 37.8. The summed E-state index contributed by atoms with van der Waals surface area (Å²) in [6.07, 6.45) is -4.49. The van der Waals surface area contributed by atoms with Crippen LogP contribution in [0.1, 0.15) is 25.0 Å². The average Bonchev–Trinajstić information content (AvgIpc) is 2.25. The van der Waals surface area contributed by atoms with Gasteiger partial charge in [0, 0.05) is 12.5 Å². The van der Waals surface area contributed by atoms with E-state index in [1.807, 2.05) is 0 Å². The summed E-state index contributed by atoms with van der Waals surface area (Å²) in [7, 11) is 0. The molecular formula is C12H13ClF3NO. The number of benzene rings is 1. The van der Waals surface area contributed by atoms with Crippen LogP contribution in [0.15, 0.2) is 18.2 Å². The van der Waals surface area contributed by atoms with E-state index in [1.165, 1.54) is 12.1 Å². The Labute approximate surface area is 108 Å². The van der Waals surface area contributed by atoms with E-state index < -0.39 is 11.7 Å². The van der Waals surface area contributed by atoms with Crippen LogP contribution < -0.4 is 5.32 Å². The van der Waals surface area contributed by atoms with E-state index in [9.17, 15) is 18.0 Å². The Balaban J connectivity index is 2.83. The monoisotopic (exact) mass is 279 g/mol. The Kier molecular flexibility index (Phi) is 4.62. The van der Waals surface area contributed by atoms with Crippen LogP contribution in [0.3, 0.4) is 0 Å². The van der Waals surface area contributed by atoms with Gasteiger partial charge in [-0.3, -0.25) is 4.79 Å². The standard InChI is InChI=1S/C12H13ClF3NO/c1-7(2)11(18)17-6-8-3-4-10(13)9(5-8)12(14,15)16/h3-5,7H,6H2,1-2H3,(H,17,18). The van der Waals surface area contributed by atoms with E-state index in [-0.39, 0.29) is 23.4 Å². The van der Waals surface area contributed by atoms with Crippen molar-refractivity contribution in [1.29, 1.82) is 0 Å². The minimum absolute atomic E-state index is 0.0528. The zero-order valence-electron chi connectivity index (χ0n) is 9.94. The van der Waals surface area contributed by atoms with Gasteiger partial charge in [-0.05, 0) is 17.7 Å². The topological polar surface area (TPSA) is 29.1 Å². The molecule has 0 aromatic heterocycles. The van der Waals surface area contributed by atoms with Gasteiger partial charge in [-0.1, -0.05) is 31.5 Å². The second-order valence-electron chi connectivity index (χ2n) is 4.18. The maximum atomic E-state index is 12.6. The van der Waals surface area contributed by atoms with Crippen molar-refractivity contribution in [3.05, 3.63) is 34.3 Å². The van der Waals surface area contributed by atoms with Gasteiger partial charge in [0.1, 0.15) is 0 Å². The zero-order chi connectivity index (χ0) is 13.9. The van der Waals surface area contributed by atoms with Gasteiger partial charge in [0.15, 0.2) is 0 Å². The van der Waals surface area contributed by atoms with Gasteiger partial charge < -0.3 is 5.32 Å². The molecule has 0 aliphatic carbocycles. The first-order valence-electron chi connectivity index (χ1n) is 5.35. The molecule has 0 spiro atoms. The number of nitrogens with one attached hydrogen (secondary N) is 1. The zero-order valence-corrected chi connectivity index (χ0v) is 10.7. The highest BCUT2D eigenvalue weighted by Crippen LogP contribution is 2.35. The SMILES string of the molecule is CC(C)C(=O)NCc1ccc(Cl)c(C(F)(F)F)c1. The number of carbonyl (C=O) groups is 1. The van der Waals surface area contributed by atoms with E-state index in [2.05, 4.69) is 5.32 Å². The number of rotatable bonds is 3. The molecule has 18 heavy (non-hydrogen) atoms. The summed E-state index contributed by atoms with van der Waals surface area (Å²) in [5.41, 5.74) is -0.527. The number of hydrogen-bond acceptors (Lipinski definition) is 1. The van der Waals surface area contributed by atoms with Crippen LogP contribution in [0.4, 0.5) is 13.2 Å². The molecule has 0 saturated carbocycles. The highest BCUT2D eigenvalue weighted by Gasteiger charge is 2.33. The first kappa shape index (κ1) is 14.8. The number of halogens is 4. The van der Waals surface area contributed by atoms with Crippen LogP contribution in [0, 0.1) is 5.92 Å². The molecule has 6 heteroatoms. The fraction of sp³-hybridized carbons (Fsp3) is 0.417. The Hall–Kier alpha value is -1.23. The first-order valence-corrected chi connectivity index (χ1v) is 5.73. The molecule has 1 amide bonds. The Morgan fingerprint density at radius 1 is 1.39 bits per heavy atom. The molecule has 1 rings (SSSR count). The number of hydrogen-bond donors (Lipinski definition) is 1. The predicted molar refractivity (Wildman–Crippen MR) is 63.1 cm³/mol. The van der Waals surface area contributed by atoms with Crippen LogP contribution in [0.2, 0.25) is 5.02 Å². The smallest absolute Gasteiger partial charge is 0.352 e. The van der Waals surface area contributed by atoms with Gasteiger partial charge in [0.05, 0.1) is 10.6 Å². The van der Waals surface area contributed by atoms with Crippen molar-refractivity contribution in [3.63, 3.8) is 0 Å². The van der Waals surface area contributed by atoms with Crippen LogP contribution in [-0.2, 0) is 17.5 Å². The van der Waals surface area contributed by atoms with E-state index >= 15 is 0 Å². The molecule has 0 fully saturated rings. The van der Waals surface area contributed by atoms with Crippen molar-refractivity contribution in [3.8, 4) is 0 Å². The summed E-state index contributed by atoms with van der Waals surface area (Å²) >= 11 is 5.49. The summed E-state index contributed by atoms with van der Waals surface area (Å²) in [4.78, 5) is 11.3. The van der Waals surface area contributed by atoms with Crippen LogP contribution in [0.25, 0.3) is 0 Å². The molecule has 2 nitrogen and oxygen atoms in total. The fourth-order valence-corrected chi connectivity index (χ4v) is 1.52. The Morgan fingerprint density at radius 3 is 2.50 bits per heavy atom. The molecule has 0 saturated heterocycles. The molecule has 100 valence electrons. The molecule has 1 aromatic rings. The van der Waals surface area contributed by atoms with Crippen molar-refractivity contribution in [2.24, 2.45) is 5.92 Å².